The van der Waals surface area contributed by atoms with Crippen molar-refractivity contribution in [1.29, 1.82) is 0 Å². The number of nitrogens with zero attached hydrogens (tertiary/aromatic N) is 1. The molecule has 2 nitrogen and oxygen atoms in total. The maximum absolute atomic E-state index is 5.75. The zero-order valence-electron chi connectivity index (χ0n) is 10.5. The normalized spacial score (nSPS) is 20.0. The highest BCUT2D eigenvalue weighted by Gasteiger charge is 2.21. The zero-order valence-corrected chi connectivity index (χ0v) is 10.5. The van der Waals surface area contributed by atoms with Crippen molar-refractivity contribution in [1.82, 2.24) is 4.90 Å². The first-order chi connectivity index (χ1) is 7.31. The van der Waals surface area contributed by atoms with Gasteiger partial charge in [-0.3, -0.25) is 0 Å². The van der Waals surface area contributed by atoms with E-state index in [1.807, 2.05) is 0 Å². The zero-order chi connectivity index (χ0) is 11.1. The summed E-state index contributed by atoms with van der Waals surface area (Å²) in [7, 11) is 0. The van der Waals surface area contributed by atoms with Gasteiger partial charge in [0.25, 0.3) is 0 Å². The Labute approximate surface area is 95.2 Å². The number of hydrogen-bond acceptors (Lipinski definition) is 2. The average molecular weight is 212 g/mol. The first kappa shape index (κ1) is 13.0. The molecule has 1 atom stereocenters. The van der Waals surface area contributed by atoms with Crippen molar-refractivity contribution >= 4 is 0 Å². The smallest absolute Gasteiger partial charge is 0.00951 e. The predicted molar refractivity (Wildman–Crippen MR) is 67.0 cm³/mol. The molecule has 0 heterocycles. The summed E-state index contributed by atoms with van der Waals surface area (Å²) < 4.78 is 0. The highest BCUT2D eigenvalue weighted by atomic mass is 15.1. The van der Waals surface area contributed by atoms with Crippen LogP contribution in [-0.2, 0) is 0 Å². The van der Waals surface area contributed by atoms with Crippen LogP contribution in [0.1, 0.15) is 52.4 Å². The van der Waals surface area contributed by atoms with Crippen molar-refractivity contribution in [2.45, 2.75) is 58.4 Å². The van der Waals surface area contributed by atoms with Crippen LogP contribution in [0.15, 0.2) is 0 Å². The number of rotatable bonds is 7. The Kier molecular flexibility index (Phi) is 6.26. The third-order valence-electron chi connectivity index (χ3n) is 3.98. The third-order valence-corrected chi connectivity index (χ3v) is 3.98. The minimum atomic E-state index is 0.737. The van der Waals surface area contributed by atoms with Crippen LogP contribution < -0.4 is 5.73 Å². The second-order valence-corrected chi connectivity index (χ2v) is 4.87. The van der Waals surface area contributed by atoms with Gasteiger partial charge in [0.05, 0.1) is 0 Å². The molecule has 0 spiro atoms. The molecule has 90 valence electrons. The Hall–Kier alpha value is -0.0800. The quantitative estimate of drug-likeness (QED) is 0.703. The lowest BCUT2D eigenvalue weighted by molar-refractivity contribution is 0.194. The van der Waals surface area contributed by atoms with Gasteiger partial charge in [0.2, 0.25) is 0 Å². The first-order valence-electron chi connectivity index (χ1n) is 6.75. The van der Waals surface area contributed by atoms with Gasteiger partial charge >= 0.3 is 0 Å². The molecule has 15 heavy (non-hydrogen) atoms. The van der Waals surface area contributed by atoms with E-state index < -0.39 is 0 Å². The van der Waals surface area contributed by atoms with Crippen molar-refractivity contribution in [3.8, 4) is 0 Å². The Bertz CT molecular complexity index is 149. The van der Waals surface area contributed by atoms with Crippen LogP contribution in [0, 0.1) is 5.92 Å². The molecule has 1 rings (SSSR count). The van der Waals surface area contributed by atoms with Gasteiger partial charge in [-0.2, -0.15) is 0 Å². The van der Waals surface area contributed by atoms with Gasteiger partial charge in [-0.1, -0.05) is 33.1 Å². The van der Waals surface area contributed by atoms with E-state index >= 15 is 0 Å². The van der Waals surface area contributed by atoms with Crippen molar-refractivity contribution < 1.29 is 0 Å². The second-order valence-electron chi connectivity index (χ2n) is 4.87. The van der Waals surface area contributed by atoms with E-state index in [1.54, 1.807) is 0 Å². The predicted octanol–water partition coefficient (Wildman–Crippen LogP) is 2.63. The van der Waals surface area contributed by atoms with Gasteiger partial charge in [0, 0.05) is 6.04 Å². The molecule has 0 bridgehead atoms. The van der Waals surface area contributed by atoms with E-state index in [4.69, 9.17) is 5.73 Å². The SMILES string of the molecule is CCC(CN)CCN(CC)C1CCCC1. The number of nitrogens with two attached hydrogens (primary N) is 1. The van der Waals surface area contributed by atoms with Crippen molar-refractivity contribution in [3.63, 3.8) is 0 Å². The van der Waals surface area contributed by atoms with Crippen molar-refractivity contribution in [2.75, 3.05) is 19.6 Å². The maximum Gasteiger partial charge on any atom is 0.00951 e. The van der Waals surface area contributed by atoms with Gasteiger partial charge in [0.1, 0.15) is 0 Å². The van der Waals surface area contributed by atoms with E-state index in [2.05, 4.69) is 18.7 Å². The van der Waals surface area contributed by atoms with E-state index in [-0.39, 0.29) is 0 Å². The fourth-order valence-corrected chi connectivity index (χ4v) is 2.71. The van der Waals surface area contributed by atoms with Gasteiger partial charge < -0.3 is 10.6 Å². The van der Waals surface area contributed by atoms with Crippen LogP contribution in [0.5, 0.6) is 0 Å². The summed E-state index contributed by atoms with van der Waals surface area (Å²) in [4.78, 5) is 2.67. The molecule has 1 saturated carbocycles. The van der Waals surface area contributed by atoms with Crippen LogP contribution in [0.3, 0.4) is 0 Å². The Morgan fingerprint density at radius 2 is 1.93 bits per heavy atom. The summed E-state index contributed by atoms with van der Waals surface area (Å²) >= 11 is 0. The summed E-state index contributed by atoms with van der Waals surface area (Å²) in [5, 5.41) is 0. The molecule has 1 fully saturated rings. The Balaban J connectivity index is 2.26. The van der Waals surface area contributed by atoms with E-state index in [1.165, 1.54) is 51.6 Å². The second kappa shape index (κ2) is 7.24. The summed E-state index contributed by atoms with van der Waals surface area (Å²) in [5.41, 5.74) is 5.75. The molecule has 0 aromatic heterocycles. The summed E-state index contributed by atoms with van der Waals surface area (Å²) in [6.45, 7) is 7.88. The Morgan fingerprint density at radius 1 is 1.27 bits per heavy atom. The first-order valence-corrected chi connectivity index (χ1v) is 6.75. The monoisotopic (exact) mass is 212 g/mol. The van der Waals surface area contributed by atoms with E-state index in [0.29, 0.717) is 0 Å². The van der Waals surface area contributed by atoms with Gasteiger partial charge in [-0.25, -0.2) is 0 Å². The maximum atomic E-state index is 5.75. The molecule has 1 unspecified atom stereocenters. The molecule has 0 aromatic rings. The van der Waals surface area contributed by atoms with Gasteiger partial charge in [-0.05, 0) is 44.8 Å². The molecule has 2 heteroatoms. The minimum absolute atomic E-state index is 0.737. The molecule has 1 aliphatic carbocycles. The molecule has 1 aliphatic rings. The van der Waals surface area contributed by atoms with Crippen molar-refractivity contribution in [3.05, 3.63) is 0 Å². The van der Waals surface area contributed by atoms with Crippen molar-refractivity contribution in [2.24, 2.45) is 11.7 Å². The van der Waals surface area contributed by atoms with Gasteiger partial charge in [0.15, 0.2) is 0 Å². The fraction of sp³-hybridized carbons (Fsp3) is 1.00. The standard InChI is InChI=1S/C13H28N2/c1-3-12(11-14)9-10-15(4-2)13-7-5-6-8-13/h12-13H,3-11,14H2,1-2H3. The molecule has 0 amide bonds. The molecular formula is C13H28N2. The topological polar surface area (TPSA) is 29.3 Å². The summed E-state index contributed by atoms with van der Waals surface area (Å²) in [6.07, 6.45) is 8.25. The average Bonchev–Trinajstić information content (AvgIpc) is 2.78. The van der Waals surface area contributed by atoms with E-state index in [0.717, 1.165) is 18.5 Å². The molecule has 0 radical (unpaired) electrons. The summed E-state index contributed by atoms with van der Waals surface area (Å²) in [6, 6.07) is 0.880. The molecule has 0 aliphatic heterocycles. The lowest BCUT2D eigenvalue weighted by Crippen LogP contribution is -2.35. The minimum Gasteiger partial charge on any atom is -0.330 e. The summed E-state index contributed by atoms with van der Waals surface area (Å²) in [5.74, 6) is 0.737. The van der Waals surface area contributed by atoms with E-state index in [9.17, 15) is 0 Å². The highest BCUT2D eigenvalue weighted by molar-refractivity contribution is 4.77. The molecule has 0 aromatic carbocycles. The van der Waals surface area contributed by atoms with Gasteiger partial charge in [-0.15, -0.1) is 0 Å². The lowest BCUT2D eigenvalue weighted by atomic mass is 10.0. The van der Waals surface area contributed by atoms with Crippen LogP contribution in [-0.4, -0.2) is 30.6 Å². The van der Waals surface area contributed by atoms with Crippen LogP contribution in [0.4, 0.5) is 0 Å². The third kappa shape index (κ3) is 4.12. The lowest BCUT2D eigenvalue weighted by Gasteiger charge is -2.28. The molecule has 0 saturated heterocycles. The molecular weight excluding hydrogens is 184 g/mol. The largest absolute Gasteiger partial charge is 0.330 e. The number of hydrogen-bond donors (Lipinski definition) is 1. The Morgan fingerprint density at radius 3 is 2.40 bits per heavy atom. The molecule has 2 N–H and O–H groups in total. The van der Waals surface area contributed by atoms with Crippen LogP contribution in [0.25, 0.3) is 0 Å². The van der Waals surface area contributed by atoms with Crippen LogP contribution in [0.2, 0.25) is 0 Å². The fourth-order valence-electron chi connectivity index (χ4n) is 2.71. The highest BCUT2D eigenvalue weighted by Crippen LogP contribution is 2.24. The van der Waals surface area contributed by atoms with Crippen LogP contribution >= 0.6 is 0 Å².